The van der Waals surface area contributed by atoms with E-state index in [0.29, 0.717) is 33.9 Å². The number of rotatable bonds is 5. The first kappa shape index (κ1) is 23.1. The van der Waals surface area contributed by atoms with Gasteiger partial charge in [0.05, 0.1) is 27.8 Å². The molecule has 1 atom stereocenters. The van der Waals surface area contributed by atoms with Crippen molar-refractivity contribution in [3.63, 3.8) is 0 Å². The average molecular weight is 490 g/mol. The number of phenolic OH excluding ortho intramolecular Hbond substituents is 2. The van der Waals surface area contributed by atoms with Crippen molar-refractivity contribution >= 4 is 16.9 Å². The van der Waals surface area contributed by atoms with Gasteiger partial charge in [-0.05, 0) is 42.0 Å². The molecule has 0 saturated carbocycles. The van der Waals surface area contributed by atoms with E-state index in [4.69, 9.17) is 23.4 Å². The monoisotopic (exact) mass is 490 g/mol. The maximum atomic E-state index is 13.1. The van der Waals surface area contributed by atoms with Gasteiger partial charge in [-0.1, -0.05) is 0 Å². The fourth-order valence-corrected chi connectivity index (χ4v) is 4.51. The Morgan fingerprint density at radius 3 is 2.17 bits per heavy atom. The van der Waals surface area contributed by atoms with Gasteiger partial charge < -0.3 is 33.6 Å². The van der Waals surface area contributed by atoms with Crippen LogP contribution < -0.4 is 24.4 Å². The highest BCUT2D eigenvalue weighted by Gasteiger charge is 2.34. The predicted molar refractivity (Wildman–Crippen MR) is 129 cm³/mol. The summed E-state index contributed by atoms with van der Waals surface area (Å²) in [6.07, 6.45) is -0.0569. The molecule has 0 saturated heterocycles. The maximum absolute atomic E-state index is 13.1. The number of carbonyl (C=O) groups excluding carboxylic acids is 1. The summed E-state index contributed by atoms with van der Waals surface area (Å²) in [6, 6.07) is 12.1. The van der Waals surface area contributed by atoms with Gasteiger partial charge in [0, 0.05) is 29.2 Å². The van der Waals surface area contributed by atoms with Crippen LogP contribution in [0, 0.1) is 0 Å². The van der Waals surface area contributed by atoms with Crippen LogP contribution in [0.2, 0.25) is 0 Å². The highest BCUT2D eigenvalue weighted by atomic mass is 16.5. The number of hydrogen-bond acceptors (Lipinski definition) is 9. The molecular formula is C27H22O9. The Bertz CT molecular complexity index is 1530. The third-order valence-electron chi connectivity index (χ3n) is 6.17. The molecule has 0 radical (unpaired) electrons. The summed E-state index contributed by atoms with van der Waals surface area (Å²) in [5.74, 6) is 0.0388. The summed E-state index contributed by atoms with van der Waals surface area (Å²) in [5.41, 5.74) is 1.22. The fraction of sp³-hybridized carbons (Fsp3) is 0.185. The van der Waals surface area contributed by atoms with Crippen molar-refractivity contribution in [1.29, 1.82) is 0 Å². The zero-order valence-corrected chi connectivity index (χ0v) is 19.7. The largest absolute Gasteiger partial charge is 0.508 e. The lowest BCUT2D eigenvalue weighted by molar-refractivity contribution is -0.135. The second-order valence-electron chi connectivity index (χ2n) is 8.22. The van der Waals surface area contributed by atoms with Gasteiger partial charge in [0.1, 0.15) is 34.0 Å². The summed E-state index contributed by atoms with van der Waals surface area (Å²) in [4.78, 5) is 25.7. The molecule has 0 amide bonds. The zero-order chi connectivity index (χ0) is 25.6. The number of ether oxygens (including phenoxy) is 4. The van der Waals surface area contributed by atoms with Crippen LogP contribution in [0.25, 0.3) is 22.3 Å². The van der Waals surface area contributed by atoms with E-state index in [1.165, 1.54) is 45.6 Å². The lowest BCUT2D eigenvalue weighted by Gasteiger charge is -2.27. The second-order valence-corrected chi connectivity index (χ2v) is 8.22. The maximum Gasteiger partial charge on any atom is 0.312 e. The number of fused-ring (bicyclic) bond motifs is 3. The molecule has 36 heavy (non-hydrogen) atoms. The Kier molecular flexibility index (Phi) is 5.68. The molecular weight excluding hydrogens is 468 g/mol. The minimum Gasteiger partial charge on any atom is -0.508 e. The number of methoxy groups -OCH3 is 3. The van der Waals surface area contributed by atoms with Gasteiger partial charge in [-0.25, -0.2) is 0 Å². The number of carbonyl (C=O) groups is 1. The van der Waals surface area contributed by atoms with Crippen molar-refractivity contribution in [3.8, 4) is 45.8 Å². The van der Waals surface area contributed by atoms with E-state index in [9.17, 15) is 19.8 Å². The molecule has 3 aromatic carbocycles. The Labute approximate surface area is 205 Å². The predicted octanol–water partition coefficient (Wildman–Crippen LogP) is 4.34. The summed E-state index contributed by atoms with van der Waals surface area (Å²) in [6.45, 7) is 0. The topological polar surface area (TPSA) is 125 Å². The van der Waals surface area contributed by atoms with Crippen LogP contribution in [-0.2, 0) is 4.79 Å². The van der Waals surface area contributed by atoms with Crippen molar-refractivity contribution in [2.24, 2.45) is 0 Å². The van der Waals surface area contributed by atoms with Gasteiger partial charge in [-0.2, -0.15) is 0 Å². The van der Waals surface area contributed by atoms with E-state index >= 15 is 0 Å². The van der Waals surface area contributed by atoms with Crippen LogP contribution >= 0.6 is 0 Å². The van der Waals surface area contributed by atoms with E-state index in [-0.39, 0.29) is 40.4 Å². The molecule has 184 valence electrons. The lowest BCUT2D eigenvalue weighted by Crippen LogP contribution is -2.22. The van der Waals surface area contributed by atoms with E-state index in [1.54, 1.807) is 24.3 Å². The van der Waals surface area contributed by atoms with Crippen molar-refractivity contribution < 1.29 is 38.4 Å². The van der Waals surface area contributed by atoms with Crippen molar-refractivity contribution in [2.75, 3.05) is 21.3 Å². The Hall–Kier alpha value is -4.66. The minimum absolute atomic E-state index is 0.0355. The molecule has 1 unspecified atom stereocenters. The molecule has 1 aliphatic heterocycles. The smallest absolute Gasteiger partial charge is 0.312 e. The van der Waals surface area contributed by atoms with Crippen LogP contribution in [0.3, 0.4) is 0 Å². The number of benzene rings is 3. The molecule has 9 nitrogen and oxygen atoms in total. The first-order valence-electron chi connectivity index (χ1n) is 11.0. The third kappa shape index (κ3) is 3.74. The normalized spacial score (nSPS) is 14.8. The molecule has 0 spiro atoms. The highest BCUT2D eigenvalue weighted by molar-refractivity contribution is 5.93. The Morgan fingerprint density at radius 2 is 1.56 bits per heavy atom. The Balaban J connectivity index is 1.81. The summed E-state index contributed by atoms with van der Waals surface area (Å²) in [5, 5.41) is 20.2. The molecule has 4 aromatic rings. The fourth-order valence-electron chi connectivity index (χ4n) is 4.51. The quantitative estimate of drug-likeness (QED) is 0.310. The average Bonchev–Trinajstić information content (AvgIpc) is 2.87. The first-order chi connectivity index (χ1) is 17.3. The molecule has 5 rings (SSSR count). The van der Waals surface area contributed by atoms with Gasteiger partial charge >= 0.3 is 5.97 Å². The Morgan fingerprint density at radius 1 is 0.889 bits per heavy atom. The zero-order valence-electron chi connectivity index (χ0n) is 19.7. The van der Waals surface area contributed by atoms with Crippen LogP contribution in [0.5, 0.6) is 34.5 Å². The standard InChI is InChI=1S/C27H22O9/c1-32-21-8-14(9-22(33-2)26(21)34-3)16-10-23(31)35-20-12-18(30)25-17(29)11-19(36-27(25)24(16)20)13-4-6-15(28)7-5-13/h4-9,11-12,16,28,30H,10H2,1-3H3. The van der Waals surface area contributed by atoms with Gasteiger partial charge in [-0.15, -0.1) is 0 Å². The lowest BCUT2D eigenvalue weighted by atomic mass is 9.84. The van der Waals surface area contributed by atoms with Crippen LogP contribution in [-0.4, -0.2) is 37.5 Å². The molecule has 1 aliphatic rings. The molecule has 0 fully saturated rings. The summed E-state index contributed by atoms with van der Waals surface area (Å²) >= 11 is 0. The van der Waals surface area contributed by atoms with Crippen LogP contribution in [0.1, 0.15) is 23.5 Å². The van der Waals surface area contributed by atoms with E-state index in [2.05, 4.69) is 0 Å². The highest BCUT2D eigenvalue weighted by Crippen LogP contribution is 2.49. The first-order valence-corrected chi connectivity index (χ1v) is 11.0. The van der Waals surface area contributed by atoms with Crippen molar-refractivity contribution in [1.82, 2.24) is 0 Å². The minimum atomic E-state index is -0.615. The molecule has 1 aromatic heterocycles. The second kappa shape index (κ2) is 8.84. The van der Waals surface area contributed by atoms with Crippen LogP contribution in [0.4, 0.5) is 0 Å². The SMILES string of the molecule is COc1cc(C2CC(=O)Oc3cc(O)c4c(=O)cc(-c5ccc(O)cc5)oc4c32)cc(OC)c1OC. The molecule has 0 aliphatic carbocycles. The van der Waals surface area contributed by atoms with Gasteiger partial charge in [0.2, 0.25) is 5.75 Å². The summed E-state index contributed by atoms with van der Waals surface area (Å²) < 4.78 is 28.0. The third-order valence-corrected chi connectivity index (χ3v) is 6.17. The van der Waals surface area contributed by atoms with Crippen LogP contribution in [0.15, 0.2) is 57.7 Å². The van der Waals surface area contributed by atoms with E-state index < -0.39 is 17.3 Å². The van der Waals surface area contributed by atoms with E-state index in [0.717, 1.165) is 0 Å². The molecule has 9 heteroatoms. The van der Waals surface area contributed by atoms with Gasteiger partial charge in [0.15, 0.2) is 16.9 Å². The van der Waals surface area contributed by atoms with Crippen molar-refractivity contribution in [3.05, 3.63) is 69.9 Å². The van der Waals surface area contributed by atoms with E-state index in [1.807, 2.05) is 0 Å². The molecule has 0 bridgehead atoms. The molecule has 2 N–H and O–H groups in total. The number of esters is 1. The number of aromatic hydroxyl groups is 2. The molecule has 2 heterocycles. The van der Waals surface area contributed by atoms with Gasteiger partial charge in [0.25, 0.3) is 0 Å². The number of phenols is 2. The summed E-state index contributed by atoms with van der Waals surface area (Å²) in [7, 11) is 4.46. The van der Waals surface area contributed by atoms with Gasteiger partial charge in [-0.3, -0.25) is 9.59 Å². The number of hydrogen-bond donors (Lipinski definition) is 2. The van der Waals surface area contributed by atoms with Crippen molar-refractivity contribution in [2.45, 2.75) is 12.3 Å².